The predicted octanol–water partition coefficient (Wildman–Crippen LogP) is 5.92. The number of nitrogens with two attached hydrogens (primary N) is 1. The molecular weight excluding hydrogens is 1310 g/mol. The molecule has 1 heterocycles. The van der Waals surface area contributed by atoms with E-state index >= 15 is 0 Å². The third-order valence-electron chi connectivity index (χ3n) is 16.8. The molecule has 4 rings (SSSR count). The van der Waals surface area contributed by atoms with E-state index in [1.807, 2.05) is 62.1 Å². The Morgan fingerprint density at radius 2 is 0.951 bits per heavy atom. The summed E-state index contributed by atoms with van der Waals surface area (Å²) in [6, 6.07) is 9.68. The lowest BCUT2D eigenvalue weighted by Crippen LogP contribution is -2.53. The third kappa shape index (κ3) is 36.2. The van der Waals surface area contributed by atoms with Crippen molar-refractivity contribution in [2.24, 2.45) is 23.5 Å². The van der Waals surface area contributed by atoms with Gasteiger partial charge in [0.2, 0.25) is 17.7 Å². The molecule has 2 aromatic carbocycles. The van der Waals surface area contributed by atoms with Gasteiger partial charge in [0.25, 0.3) is 0 Å². The summed E-state index contributed by atoms with van der Waals surface area (Å²) in [4.78, 5) is 156. The minimum Gasteiger partial charge on any atom is -0.467 e. The van der Waals surface area contributed by atoms with Crippen LogP contribution in [0.5, 0.6) is 0 Å². The average molecular weight is 1440 g/mol. The average Bonchev–Trinajstić information content (AvgIpc) is 0.841. The molecule has 0 bridgehead atoms. The maximum absolute atomic E-state index is 14.3. The van der Waals surface area contributed by atoms with Crippen molar-refractivity contribution < 1.29 is 81.2 Å². The lowest BCUT2D eigenvalue weighted by molar-refractivity contribution is -0.159. The number of amides is 5. The Morgan fingerprint density at radius 3 is 1.42 bits per heavy atom. The zero-order chi connectivity index (χ0) is 76.2. The first-order valence-electron chi connectivity index (χ1n) is 36.2. The van der Waals surface area contributed by atoms with Gasteiger partial charge in [-0.2, -0.15) is 0 Å². The summed E-state index contributed by atoms with van der Waals surface area (Å²) in [5.74, 6) is -5.46. The van der Waals surface area contributed by atoms with Crippen LogP contribution < -0.4 is 32.3 Å². The summed E-state index contributed by atoms with van der Waals surface area (Å²) in [5, 5.41) is 16.1. The second-order valence-corrected chi connectivity index (χ2v) is 32.0. The fourth-order valence-electron chi connectivity index (χ4n) is 12.0. The quantitative estimate of drug-likeness (QED) is 0.0281. The van der Waals surface area contributed by atoms with Crippen LogP contribution in [0.15, 0.2) is 42.5 Å². The smallest absolute Gasteiger partial charge is 0.329 e. The van der Waals surface area contributed by atoms with Crippen LogP contribution in [0, 0.1) is 17.8 Å². The van der Waals surface area contributed by atoms with Crippen molar-refractivity contribution in [3.63, 3.8) is 0 Å². The van der Waals surface area contributed by atoms with Crippen LogP contribution in [-0.4, -0.2) is 236 Å². The topological polar surface area (TPSA) is 342 Å². The van der Waals surface area contributed by atoms with Gasteiger partial charge < -0.3 is 60.7 Å². The van der Waals surface area contributed by atoms with Crippen molar-refractivity contribution >= 4 is 76.1 Å². The zero-order valence-electron chi connectivity index (χ0n) is 63.9. The van der Waals surface area contributed by atoms with Crippen LogP contribution >= 0.6 is 0 Å². The molecule has 1 aliphatic heterocycles. The predicted molar refractivity (Wildman–Crippen MR) is 387 cm³/mol. The van der Waals surface area contributed by atoms with Crippen LogP contribution in [0.2, 0.25) is 0 Å². The van der Waals surface area contributed by atoms with Crippen molar-refractivity contribution in [2.75, 3.05) is 105 Å². The summed E-state index contributed by atoms with van der Waals surface area (Å²) in [7, 11) is 1.18. The molecule has 1 aliphatic carbocycles. The number of nitrogens with one attached hydrogen (secondary N) is 5. The first-order valence-corrected chi connectivity index (χ1v) is 36.2. The maximum Gasteiger partial charge on any atom is 0.329 e. The number of urea groups is 1. The number of Topliss-reactive ketones (excluding diaryl/α,β-unsaturated/α-hetero) is 1. The van der Waals surface area contributed by atoms with E-state index in [0.29, 0.717) is 104 Å². The molecule has 0 radical (unpaired) electrons. The summed E-state index contributed by atoms with van der Waals surface area (Å²) in [6.07, 6.45) is 3.40. The second kappa shape index (κ2) is 41.2. The number of fused-ring (bicyclic) bond motifs is 1. The molecular formula is C75H122N10O17. The molecule has 27 heteroatoms. The number of carbonyl (C=O) groups excluding carboxylic acids is 11. The minimum absolute atomic E-state index is 0.00106. The second-order valence-electron chi connectivity index (χ2n) is 32.0. The Kier molecular flexibility index (Phi) is 35.2. The van der Waals surface area contributed by atoms with Crippen molar-refractivity contribution in [1.82, 2.24) is 46.2 Å². The molecule has 1 saturated carbocycles. The van der Waals surface area contributed by atoms with Crippen LogP contribution in [0.1, 0.15) is 180 Å². The fraction of sp³-hybridized carbons (Fsp3) is 0.720. The Balaban J connectivity index is 1.38. The molecule has 0 unspecified atom stereocenters. The van der Waals surface area contributed by atoms with Gasteiger partial charge in [0.15, 0.2) is 0 Å². The molecule has 7 N–H and O–H groups in total. The van der Waals surface area contributed by atoms with Crippen LogP contribution in [-0.2, 0) is 82.8 Å². The van der Waals surface area contributed by atoms with Crippen molar-refractivity contribution in [3.8, 4) is 0 Å². The fourth-order valence-corrected chi connectivity index (χ4v) is 12.0. The SMILES string of the molecule is COC(=O)[C@H](CCCCNC(=O)[C@@H](CC(=O)C1CCC(CNC(=O)[C@H](CCN)NC(=O)CN2CCN(CC(=O)OC(C)(C)C)CCN(CC(=O)OC(C)(C)C)CCN(CC(=O)OC(C)(C)C)CC2)CC1)Cc1ccc2ccccc2c1)NC(=O)N[C@@H](CCC(=O)OC(C)(C)C)C(=O)OC(C)(C)C. The summed E-state index contributed by atoms with van der Waals surface area (Å²) in [6.45, 7) is 29.5. The van der Waals surface area contributed by atoms with Crippen molar-refractivity contribution in [3.05, 3.63) is 48.0 Å². The van der Waals surface area contributed by atoms with Gasteiger partial charge in [-0.05, 0) is 197 Å². The minimum atomic E-state index is -1.25. The van der Waals surface area contributed by atoms with E-state index in [0.717, 1.165) is 16.3 Å². The van der Waals surface area contributed by atoms with E-state index in [9.17, 15) is 52.7 Å². The van der Waals surface area contributed by atoms with Gasteiger partial charge in [-0.15, -0.1) is 0 Å². The van der Waals surface area contributed by atoms with Gasteiger partial charge in [0.1, 0.15) is 51.9 Å². The normalized spacial score (nSPS) is 17.9. The van der Waals surface area contributed by atoms with Gasteiger partial charge in [-0.25, -0.2) is 14.4 Å². The highest BCUT2D eigenvalue weighted by Gasteiger charge is 2.35. The summed E-state index contributed by atoms with van der Waals surface area (Å²) in [5.41, 5.74) is 3.10. The van der Waals surface area contributed by atoms with Crippen LogP contribution in [0.25, 0.3) is 10.8 Å². The molecule has 2 aliphatic rings. The number of rotatable bonds is 32. The molecule has 574 valence electrons. The summed E-state index contributed by atoms with van der Waals surface area (Å²) >= 11 is 0. The molecule has 1 saturated heterocycles. The first-order chi connectivity index (χ1) is 47.5. The number of methoxy groups -OCH3 is 1. The maximum atomic E-state index is 14.3. The van der Waals surface area contributed by atoms with Crippen molar-refractivity contribution in [1.29, 1.82) is 0 Å². The molecule has 2 aromatic rings. The number of esters is 6. The molecule has 0 spiro atoms. The summed E-state index contributed by atoms with van der Waals surface area (Å²) < 4.78 is 33.0. The molecule has 102 heavy (non-hydrogen) atoms. The molecule has 5 amide bonds. The molecule has 2 fully saturated rings. The lowest BCUT2D eigenvalue weighted by atomic mass is 9.77. The molecule has 0 aromatic heterocycles. The van der Waals surface area contributed by atoms with Crippen LogP contribution in [0.3, 0.4) is 0 Å². The Hall–Kier alpha value is -7.33. The largest absolute Gasteiger partial charge is 0.467 e. The highest BCUT2D eigenvalue weighted by molar-refractivity contribution is 5.90. The van der Waals surface area contributed by atoms with Gasteiger partial charge in [-0.1, -0.05) is 42.5 Å². The number of hydrogen-bond acceptors (Lipinski definition) is 22. The number of carbonyl (C=O) groups is 11. The van der Waals surface area contributed by atoms with E-state index < -0.39 is 106 Å². The van der Waals surface area contributed by atoms with E-state index in [1.165, 1.54) is 7.11 Å². The molecule has 27 nitrogen and oxygen atoms in total. The van der Waals surface area contributed by atoms with E-state index in [4.69, 9.17) is 34.2 Å². The van der Waals surface area contributed by atoms with Gasteiger partial charge in [0.05, 0.1) is 33.3 Å². The standard InChI is InChI=1S/C75H122N10O17/c1-71(2,3)98-62(88)31-30-59(69(95)102-75(13,14)15)81-70(96)80-58(68(94)97-16)23-19-20-34-77-66(92)56(44-52-26-27-53-21-17-18-22-55(53)43-52)45-60(86)54-28-24-51(25-29-54)46-78-67(93)57(32-33-76)79-61(87)47-82-35-37-83(48-63(89)99-72(4,5)6)39-41-85(50-65(91)101-74(10,11)12)42-40-84(38-36-82)49-64(90)100-73(7,8)9/h17-18,21-22,26-27,43,51,54,56-59H,19-20,23-25,28-42,44-50,76H2,1-16H3,(H,77,92)(H,78,93)(H,79,87)(H2,80,81,96)/t51?,54?,56-,57+,58+,59+/m1/s1. The Bertz CT molecular complexity index is 3040. The van der Waals surface area contributed by atoms with Crippen LogP contribution in [0.4, 0.5) is 4.79 Å². The Labute approximate surface area is 604 Å². The van der Waals surface area contributed by atoms with Gasteiger partial charge >= 0.3 is 41.8 Å². The number of nitrogens with zero attached hydrogens (tertiary/aromatic N) is 4. The monoisotopic (exact) mass is 1430 g/mol. The van der Waals surface area contributed by atoms with E-state index in [1.54, 1.807) is 104 Å². The van der Waals surface area contributed by atoms with Gasteiger partial charge in [-0.3, -0.25) is 58.0 Å². The number of ketones is 1. The number of unbranched alkanes of at least 4 members (excludes halogenated alkanes) is 1. The van der Waals surface area contributed by atoms with E-state index in [-0.39, 0.29) is 94.9 Å². The number of benzene rings is 2. The lowest BCUT2D eigenvalue weighted by Gasteiger charge is -2.34. The zero-order valence-corrected chi connectivity index (χ0v) is 63.9. The van der Waals surface area contributed by atoms with Crippen molar-refractivity contribution in [2.45, 2.75) is 227 Å². The number of hydrogen-bond donors (Lipinski definition) is 6. The Morgan fingerprint density at radius 1 is 0.490 bits per heavy atom. The van der Waals surface area contributed by atoms with Gasteiger partial charge in [0, 0.05) is 90.1 Å². The first kappa shape index (κ1) is 87.1. The molecule has 4 atom stereocenters. The van der Waals surface area contributed by atoms with E-state index in [2.05, 4.69) is 26.6 Å². The highest BCUT2D eigenvalue weighted by Crippen LogP contribution is 2.32. The third-order valence-corrected chi connectivity index (χ3v) is 16.8. The number of ether oxygens (including phenoxy) is 6. The highest BCUT2D eigenvalue weighted by atomic mass is 16.6.